The Kier molecular flexibility index (Phi) is 4.05. The number of carbonyl (C=O) groups is 1. The number of para-hydroxylation sites is 1. The number of nitro groups is 1. The van der Waals surface area contributed by atoms with Crippen molar-refractivity contribution in [3.63, 3.8) is 0 Å². The van der Waals surface area contributed by atoms with E-state index >= 15 is 0 Å². The highest BCUT2D eigenvalue weighted by Crippen LogP contribution is 2.35. The van der Waals surface area contributed by atoms with Crippen LogP contribution in [-0.2, 0) is 13.6 Å². The van der Waals surface area contributed by atoms with Crippen molar-refractivity contribution in [1.82, 2.24) is 20.1 Å². The lowest BCUT2D eigenvalue weighted by Crippen LogP contribution is -2.25. The smallest absolute Gasteiger partial charge is 0.282 e. The van der Waals surface area contributed by atoms with Crippen LogP contribution >= 0.6 is 0 Å². The number of hydrogen-bond acceptors (Lipinski definition) is 5. The van der Waals surface area contributed by atoms with Crippen LogP contribution in [0.15, 0.2) is 24.3 Å². The maximum absolute atomic E-state index is 12.2. The minimum absolute atomic E-state index is 0.0406. The third-order valence-corrected chi connectivity index (χ3v) is 4.22. The van der Waals surface area contributed by atoms with Crippen molar-refractivity contribution < 1.29 is 9.72 Å². The van der Waals surface area contributed by atoms with E-state index in [0.717, 1.165) is 18.7 Å². The normalized spacial score (nSPS) is 14.3. The molecule has 3 rings (SSSR count). The number of hydrogen-bond donors (Lipinski definition) is 1. The highest BCUT2D eigenvalue weighted by Gasteiger charge is 2.25. The zero-order chi connectivity index (χ0) is 16.4. The third kappa shape index (κ3) is 2.92. The van der Waals surface area contributed by atoms with Crippen LogP contribution in [0.3, 0.4) is 0 Å². The number of nitrogens with zero attached hydrogens (tertiary/aromatic N) is 4. The van der Waals surface area contributed by atoms with Crippen molar-refractivity contribution >= 4 is 11.6 Å². The van der Waals surface area contributed by atoms with Crippen molar-refractivity contribution in [3.05, 3.63) is 51.6 Å². The molecule has 1 amide bonds. The fourth-order valence-corrected chi connectivity index (χ4v) is 2.63. The van der Waals surface area contributed by atoms with Gasteiger partial charge in [-0.1, -0.05) is 18.6 Å². The van der Waals surface area contributed by atoms with E-state index in [1.165, 1.54) is 24.6 Å². The summed E-state index contributed by atoms with van der Waals surface area (Å²) >= 11 is 0. The average Bonchev–Trinajstić information content (AvgIpc) is 2.84. The quantitative estimate of drug-likeness (QED) is 0.670. The molecule has 0 spiro atoms. The predicted molar refractivity (Wildman–Crippen MR) is 81.9 cm³/mol. The summed E-state index contributed by atoms with van der Waals surface area (Å²) in [5, 5.41) is 21.9. The van der Waals surface area contributed by atoms with Crippen LogP contribution in [-0.4, -0.2) is 25.6 Å². The summed E-state index contributed by atoms with van der Waals surface area (Å²) in [6.45, 7) is 0.182. The van der Waals surface area contributed by atoms with Gasteiger partial charge in [0.2, 0.25) is 0 Å². The van der Waals surface area contributed by atoms with Gasteiger partial charge in [0.15, 0.2) is 5.82 Å². The van der Waals surface area contributed by atoms with Crippen molar-refractivity contribution in [2.75, 3.05) is 0 Å². The first kappa shape index (κ1) is 15.1. The fraction of sp³-hybridized carbons (Fsp3) is 0.400. The SMILES string of the molecule is Cn1c(CNC(=O)c2ccccc2[N+](=O)[O-])nnc1C1CCC1. The average molecular weight is 315 g/mol. The Hall–Kier alpha value is -2.77. The molecule has 0 aliphatic heterocycles. The van der Waals surface area contributed by atoms with E-state index in [9.17, 15) is 14.9 Å². The van der Waals surface area contributed by atoms with Gasteiger partial charge >= 0.3 is 0 Å². The van der Waals surface area contributed by atoms with Crippen LogP contribution in [0.1, 0.15) is 47.2 Å². The van der Waals surface area contributed by atoms with Gasteiger partial charge in [0.05, 0.1) is 11.5 Å². The highest BCUT2D eigenvalue weighted by molar-refractivity contribution is 5.97. The maximum atomic E-state index is 12.2. The molecule has 0 radical (unpaired) electrons. The fourth-order valence-electron chi connectivity index (χ4n) is 2.63. The van der Waals surface area contributed by atoms with E-state index in [1.807, 2.05) is 11.6 Å². The van der Waals surface area contributed by atoms with Gasteiger partial charge in [-0.3, -0.25) is 14.9 Å². The lowest BCUT2D eigenvalue weighted by atomic mass is 9.85. The minimum Gasteiger partial charge on any atom is -0.345 e. The van der Waals surface area contributed by atoms with Crippen LogP contribution in [0.2, 0.25) is 0 Å². The Bertz CT molecular complexity index is 751. The van der Waals surface area contributed by atoms with Gasteiger partial charge in [0.1, 0.15) is 11.4 Å². The molecule has 1 fully saturated rings. The number of amides is 1. The lowest BCUT2D eigenvalue weighted by molar-refractivity contribution is -0.385. The molecule has 1 saturated carbocycles. The molecule has 0 unspecified atom stereocenters. The largest absolute Gasteiger partial charge is 0.345 e. The molecule has 2 aromatic rings. The van der Waals surface area contributed by atoms with Crippen LogP contribution in [0.25, 0.3) is 0 Å². The Balaban J connectivity index is 1.70. The molecular weight excluding hydrogens is 298 g/mol. The second-order valence-corrected chi connectivity index (χ2v) is 5.62. The first-order valence-electron chi connectivity index (χ1n) is 7.47. The molecule has 23 heavy (non-hydrogen) atoms. The van der Waals surface area contributed by atoms with E-state index < -0.39 is 10.8 Å². The Labute approximate surface area is 132 Å². The molecule has 8 nitrogen and oxygen atoms in total. The summed E-state index contributed by atoms with van der Waals surface area (Å²) in [5.74, 6) is 1.53. The van der Waals surface area contributed by atoms with E-state index in [0.29, 0.717) is 11.7 Å². The molecule has 1 aliphatic carbocycles. The zero-order valence-corrected chi connectivity index (χ0v) is 12.7. The number of nitrogens with one attached hydrogen (secondary N) is 1. The molecule has 1 heterocycles. The van der Waals surface area contributed by atoms with E-state index in [2.05, 4.69) is 15.5 Å². The first-order chi connectivity index (χ1) is 11.1. The van der Waals surface area contributed by atoms with Gasteiger partial charge < -0.3 is 9.88 Å². The molecule has 1 N–H and O–H groups in total. The van der Waals surface area contributed by atoms with Gasteiger partial charge in [-0.15, -0.1) is 10.2 Å². The van der Waals surface area contributed by atoms with Crippen LogP contribution in [0.5, 0.6) is 0 Å². The predicted octanol–water partition coefficient (Wildman–Crippen LogP) is 1.92. The minimum atomic E-state index is -0.564. The van der Waals surface area contributed by atoms with E-state index in [4.69, 9.17) is 0 Å². The molecule has 0 bridgehead atoms. The van der Waals surface area contributed by atoms with E-state index in [1.54, 1.807) is 6.07 Å². The van der Waals surface area contributed by atoms with Crippen LogP contribution in [0.4, 0.5) is 5.69 Å². The third-order valence-electron chi connectivity index (χ3n) is 4.22. The molecule has 1 aromatic heterocycles. The lowest BCUT2D eigenvalue weighted by Gasteiger charge is -2.24. The number of aromatic nitrogens is 3. The summed E-state index contributed by atoms with van der Waals surface area (Å²) in [7, 11) is 1.88. The molecule has 120 valence electrons. The van der Waals surface area contributed by atoms with Crippen molar-refractivity contribution in [1.29, 1.82) is 0 Å². The van der Waals surface area contributed by atoms with E-state index in [-0.39, 0.29) is 17.8 Å². The number of carbonyl (C=O) groups excluding carboxylic acids is 1. The number of benzene rings is 1. The second kappa shape index (κ2) is 6.15. The molecule has 1 aliphatic rings. The highest BCUT2D eigenvalue weighted by atomic mass is 16.6. The monoisotopic (exact) mass is 315 g/mol. The molecule has 0 atom stereocenters. The van der Waals surface area contributed by atoms with Crippen molar-refractivity contribution in [2.24, 2.45) is 7.05 Å². The summed E-state index contributed by atoms with van der Waals surface area (Å²) in [6.07, 6.45) is 3.45. The molecular formula is C15H17N5O3. The summed E-state index contributed by atoms with van der Waals surface area (Å²) in [4.78, 5) is 22.6. The molecule has 0 saturated heterocycles. The Morgan fingerprint density at radius 3 is 2.78 bits per heavy atom. The standard InChI is InChI=1S/C15H17N5O3/c1-19-13(17-18-14(19)10-5-4-6-10)9-16-15(21)11-7-2-3-8-12(11)20(22)23/h2-3,7-8,10H,4-6,9H2,1H3,(H,16,21). The molecule has 1 aromatic carbocycles. The maximum Gasteiger partial charge on any atom is 0.282 e. The summed E-state index contributed by atoms with van der Waals surface area (Å²) < 4.78 is 1.89. The summed E-state index contributed by atoms with van der Waals surface area (Å²) in [6, 6.07) is 5.87. The van der Waals surface area contributed by atoms with Gasteiger partial charge in [-0.05, 0) is 18.9 Å². The molecule has 8 heteroatoms. The first-order valence-corrected chi connectivity index (χ1v) is 7.47. The number of rotatable bonds is 5. The van der Waals surface area contributed by atoms with Crippen LogP contribution < -0.4 is 5.32 Å². The Morgan fingerprint density at radius 2 is 2.13 bits per heavy atom. The number of nitro benzene ring substituents is 1. The van der Waals surface area contributed by atoms with Gasteiger partial charge in [-0.2, -0.15) is 0 Å². The van der Waals surface area contributed by atoms with Gasteiger partial charge in [-0.25, -0.2) is 0 Å². The topological polar surface area (TPSA) is 103 Å². The summed E-state index contributed by atoms with van der Waals surface area (Å²) in [5.41, 5.74) is -0.169. The van der Waals surface area contributed by atoms with Crippen molar-refractivity contribution in [3.8, 4) is 0 Å². The van der Waals surface area contributed by atoms with Crippen molar-refractivity contribution in [2.45, 2.75) is 31.7 Å². The van der Waals surface area contributed by atoms with Gasteiger partial charge in [0.25, 0.3) is 11.6 Å². The zero-order valence-electron chi connectivity index (χ0n) is 12.7. The Morgan fingerprint density at radius 1 is 1.39 bits per heavy atom. The second-order valence-electron chi connectivity index (χ2n) is 5.62. The van der Waals surface area contributed by atoms with Gasteiger partial charge in [0, 0.05) is 19.0 Å². The van der Waals surface area contributed by atoms with Crippen LogP contribution in [0, 0.1) is 10.1 Å².